The van der Waals surface area contributed by atoms with Gasteiger partial charge in [-0.15, -0.1) is 0 Å². The number of hydrogen-bond donors (Lipinski definition) is 7. The van der Waals surface area contributed by atoms with E-state index in [1.807, 2.05) is 0 Å². The summed E-state index contributed by atoms with van der Waals surface area (Å²) in [5.74, 6) is -0.957. The Kier molecular flexibility index (Phi) is 31.6. The molecule has 0 aliphatic carbocycles. The highest BCUT2D eigenvalue weighted by Crippen LogP contribution is 2.26. The van der Waals surface area contributed by atoms with Crippen molar-refractivity contribution in [3.8, 4) is 0 Å². The second kappa shape index (κ2) is 35.0. The van der Waals surface area contributed by atoms with E-state index < -0.39 is 99.3 Å². The van der Waals surface area contributed by atoms with Crippen molar-refractivity contribution in [1.29, 1.82) is 0 Å². The second-order valence-corrected chi connectivity index (χ2v) is 16.6. The Morgan fingerprint density at radius 2 is 0.984 bits per heavy atom. The largest absolute Gasteiger partial charge is 0.462 e. The summed E-state index contributed by atoms with van der Waals surface area (Å²) >= 11 is 0. The van der Waals surface area contributed by atoms with E-state index in [1.165, 1.54) is 38.5 Å². The molecule has 0 spiro atoms. The highest BCUT2D eigenvalue weighted by molar-refractivity contribution is 5.70. The molecule has 0 aromatic heterocycles. The summed E-state index contributed by atoms with van der Waals surface area (Å²) in [5.41, 5.74) is 0. The van der Waals surface area contributed by atoms with Crippen molar-refractivity contribution >= 4 is 11.9 Å². The molecule has 11 atom stereocenters. The van der Waals surface area contributed by atoms with Crippen LogP contribution < -0.4 is 0 Å². The van der Waals surface area contributed by atoms with Crippen molar-refractivity contribution < 1.29 is 73.8 Å². The van der Waals surface area contributed by atoms with Crippen LogP contribution in [0.5, 0.6) is 0 Å². The third-order valence-electron chi connectivity index (χ3n) is 11.1. The van der Waals surface area contributed by atoms with Crippen LogP contribution in [0.4, 0.5) is 0 Å². The minimum atomic E-state index is -1.77. The third kappa shape index (κ3) is 23.6. The zero-order chi connectivity index (χ0) is 45.4. The van der Waals surface area contributed by atoms with E-state index in [4.69, 9.17) is 28.4 Å². The molecule has 0 aromatic rings. The first-order chi connectivity index (χ1) is 30.0. The van der Waals surface area contributed by atoms with Gasteiger partial charge in [0.2, 0.25) is 0 Å². The number of aliphatic hydroxyl groups excluding tert-OH is 7. The van der Waals surface area contributed by atoms with Crippen LogP contribution in [-0.4, -0.2) is 142 Å². The van der Waals surface area contributed by atoms with Crippen LogP contribution in [0.2, 0.25) is 0 Å². The number of hydrogen-bond acceptors (Lipinski definition) is 15. The molecule has 2 aliphatic heterocycles. The maximum atomic E-state index is 12.9. The summed E-state index contributed by atoms with van der Waals surface area (Å²) in [6.45, 7) is 2.48. The van der Waals surface area contributed by atoms with E-state index >= 15 is 0 Å². The van der Waals surface area contributed by atoms with Gasteiger partial charge in [-0.2, -0.15) is 0 Å². The van der Waals surface area contributed by atoms with Gasteiger partial charge in [-0.1, -0.05) is 121 Å². The molecule has 2 fully saturated rings. The Balaban J connectivity index is 1.86. The summed E-state index contributed by atoms with van der Waals surface area (Å²) in [6, 6.07) is 0. The molecule has 15 heteroatoms. The van der Waals surface area contributed by atoms with Gasteiger partial charge in [0.15, 0.2) is 18.7 Å². The van der Waals surface area contributed by atoms with E-state index in [0.717, 1.165) is 77.0 Å². The average molecular weight is 887 g/mol. The molecule has 2 saturated heterocycles. The molecule has 7 N–H and O–H groups in total. The smallest absolute Gasteiger partial charge is 0.306 e. The zero-order valence-corrected chi connectivity index (χ0v) is 37.6. The van der Waals surface area contributed by atoms with Gasteiger partial charge in [-0.25, -0.2) is 0 Å². The Hall–Kier alpha value is -2.28. The van der Waals surface area contributed by atoms with Crippen LogP contribution in [0.1, 0.15) is 155 Å². The first-order valence-corrected chi connectivity index (χ1v) is 23.6. The number of aliphatic hydroxyl groups is 7. The number of ether oxygens (including phenoxy) is 6. The summed E-state index contributed by atoms with van der Waals surface area (Å²) in [5, 5.41) is 71.9. The highest BCUT2D eigenvalue weighted by Gasteiger charge is 2.47. The number of esters is 2. The van der Waals surface area contributed by atoms with Gasteiger partial charge >= 0.3 is 11.9 Å². The molecular weight excluding hydrogens is 805 g/mol. The topological polar surface area (TPSA) is 231 Å². The fourth-order valence-electron chi connectivity index (χ4n) is 7.13. The minimum absolute atomic E-state index is 0.146. The molecule has 0 saturated carbocycles. The van der Waals surface area contributed by atoms with Crippen LogP contribution >= 0.6 is 0 Å². The normalized spacial score (nSPS) is 27.4. The molecule has 360 valence electrons. The van der Waals surface area contributed by atoms with Gasteiger partial charge in [0, 0.05) is 12.8 Å². The summed E-state index contributed by atoms with van der Waals surface area (Å²) < 4.78 is 33.4. The minimum Gasteiger partial charge on any atom is -0.462 e. The Morgan fingerprint density at radius 1 is 0.516 bits per heavy atom. The lowest BCUT2D eigenvalue weighted by Gasteiger charge is -2.42. The van der Waals surface area contributed by atoms with E-state index in [-0.39, 0.29) is 19.4 Å². The number of carbonyl (C=O) groups excluding carboxylic acids is 2. The average Bonchev–Trinajstić information content (AvgIpc) is 3.26. The number of allylic oxidation sites excluding steroid dienone is 6. The molecule has 62 heavy (non-hydrogen) atoms. The molecule has 2 aliphatic rings. The maximum Gasteiger partial charge on any atom is 0.306 e. The highest BCUT2D eigenvalue weighted by atomic mass is 16.7. The second-order valence-electron chi connectivity index (χ2n) is 16.6. The van der Waals surface area contributed by atoms with Crippen molar-refractivity contribution in [1.82, 2.24) is 0 Å². The van der Waals surface area contributed by atoms with Crippen molar-refractivity contribution in [3.63, 3.8) is 0 Å². The monoisotopic (exact) mass is 887 g/mol. The Labute approximate surface area is 370 Å². The van der Waals surface area contributed by atoms with Gasteiger partial charge in [-0.05, 0) is 57.8 Å². The molecule has 0 bridgehead atoms. The third-order valence-corrected chi connectivity index (χ3v) is 11.1. The fraction of sp³-hybridized carbons (Fsp3) is 0.830. The standard InChI is InChI=1S/C47H82O15/c1-3-5-7-9-11-13-15-16-17-18-20-22-24-26-28-30-39(50)60-35(32-57-38(49)29-27-25-23-21-19-14-12-10-8-6-4-2)33-58-46-45(56)43(54)41(52)37(62-46)34-59-47-44(55)42(53)40(51)36(31-48)61-47/h10,12-13,15-17,35-37,40-48,51-56H,3-9,11,14,18-34H2,1-2H3/b12-10+,15-13+,17-16+/t35-,36-,37-,40+,41+,42?,43?,44?,45?,46-,47-/m1/s1. The summed E-state index contributed by atoms with van der Waals surface area (Å²) in [7, 11) is 0. The van der Waals surface area contributed by atoms with Crippen LogP contribution in [0.25, 0.3) is 0 Å². The first kappa shape index (κ1) is 55.9. The van der Waals surface area contributed by atoms with E-state index in [1.54, 1.807) is 0 Å². The molecule has 2 rings (SSSR count). The lowest BCUT2D eigenvalue weighted by Crippen LogP contribution is -2.61. The van der Waals surface area contributed by atoms with Gasteiger partial charge in [0.05, 0.1) is 19.8 Å². The summed E-state index contributed by atoms with van der Waals surface area (Å²) in [4.78, 5) is 25.6. The predicted octanol–water partition coefficient (Wildman–Crippen LogP) is 5.37. The number of carbonyl (C=O) groups is 2. The molecule has 15 nitrogen and oxygen atoms in total. The SMILES string of the molecule is CCCC/C=C/CCCCCCCC(=O)OC[C@H](CO[C@@H]1O[C@H](CO[C@@H]2O[C@H](CO)[C@H](O)C(O)C2O)[C@H](O)C(O)C1O)OC(=O)CCCCCCC/C=C/C=C/CCCCCC. The van der Waals surface area contributed by atoms with Crippen molar-refractivity contribution in [3.05, 3.63) is 36.5 Å². The molecule has 0 radical (unpaired) electrons. The quantitative estimate of drug-likeness (QED) is 0.0184. The first-order valence-electron chi connectivity index (χ1n) is 23.6. The summed E-state index contributed by atoms with van der Waals surface area (Å²) in [6.07, 6.45) is 17.6. The zero-order valence-electron chi connectivity index (χ0n) is 37.6. The number of unbranched alkanes of at least 4 members (excludes halogenated alkanes) is 16. The van der Waals surface area contributed by atoms with Gasteiger partial charge in [-0.3, -0.25) is 9.59 Å². The van der Waals surface area contributed by atoms with Crippen LogP contribution in [0.15, 0.2) is 36.5 Å². The molecular formula is C47H82O15. The van der Waals surface area contributed by atoms with Gasteiger partial charge in [0.1, 0.15) is 55.4 Å². The molecule has 4 unspecified atom stereocenters. The van der Waals surface area contributed by atoms with Crippen LogP contribution in [0, 0.1) is 0 Å². The maximum absolute atomic E-state index is 12.9. The van der Waals surface area contributed by atoms with E-state index in [2.05, 4.69) is 50.3 Å². The molecule has 0 amide bonds. The van der Waals surface area contributed by atoms with Crippen molar-refractivity contribution in [2.75, 3.05) is 26.4 Å². The Bertz CT molecular complexity index is 1230. The lowest BCUT2D eigenvalue weighted by molar-refractivity contribution is -0.332. The lowest BCUT2D eigenvalue weighted by atomic mass is 9.98. The van der Waals surface area contributed by atoms with E-state index in [9.17, 15) is 45.3 Å². The van der Waals surface area contributed by atoms with E-state index in [0.29, 0.717) is 12.8 Å². The van der Waals surface area contributed by atoms with Crippen molar-refractivity contribution in [2.24, 2.45) is 0 Å². The number of rotatable bonds is 35. The van der Waals surface area contributed by atoms with Crippen molar-refractivity contribution in [2.45, 2.75) is 223 Å². The van der Waals surface area contributed by atoms with Gasteiger partial charge < -0.3 is 64.2 Å². The van der Waals surface area contributed by atoms with Crippen LogP contribution in [-0.2, 0) is 38.0 Å². The van der Waals surface area contributed by atoms with Gasteiger partial charge in [0.25, 0.3) is 0 Å². The van der Waals surface area contributed by atoms with Crippen LogP contribution in [0.3, 0.4) is 0 Å². The fourth-order valence-corrected chi connectivity index (χ4v) is 7.13. The molecule has 2 heterocycles. The predicted molar refractivity (Wildman–Crippen MR) is 234 cm³/mol. The molecule has 0 aromatic carbocycles. The Morgan fingerprint density at radius 3 is 1.56 bits per heavy atom.